The van der Waals surface area contributed by atoms with Gasteiger partial charge in [0, 0.05) is 58.3 Å². The molecule has 3 rings (SSSR count). The number of nitrogens with zero attached hydrogens (tertiary/aromatic N) is 3. The fourth-order valence-corrected chi connectivity index (χ4v) is 5.67. The number of amides is 1. The van der Waals surface area contributed by atoms with Gasteiger partial charge in [-0.2, -0.15) is 4.31 Å². The van der Waals surface area contributed by atoms with Crippen LogP contribution in [0.25, 0.3) is 0 Å². The standard InChI is InChI=1S/C22H36N4O3S/c1-19-6-8-21(9-7-19)30(28,29)26(18-17-24-13-4-3-5-20(24)2)14-10-22(27)25-15-11-23-12-16-25/h6-9,20,23H,3-5,10-18H2,1-2H3/t20-/m1/s1. The fraction of sp³-hybridized carbons (Fsp3) is 0.682. The van der Waals surface area contributed by atoms with E-state index >= 15 is 0 Å². The minimum absolute atomic E-state index is 0.0342. The molecule has 0 aromatic heterocycles. The van der Waals surface area contributed by atoms with E-state index in [0.717, 1.165) is 38.0 Å². The zero-order valence-electron chi connectivity index (χ0n) is 18.3. The topological polar surface area (TPSA) is 73.0 Å². The molecule has 2 heterocycles. The number of carbonyl (C=O) groups excluding carboxylic acids is 1. The van der Waals surface area contributed by atoms with E-state index in [1.807, 2.05) is 24.0 Å². The summed E-state index contributed by atoms with van der Waals surface area (Å²) in [4.78, 5) is 17.1. The Hall–Kier alpha value is -1.48. The lowest BCUT2D eigenvalue weighted by Crippen LogP contribution is -2.48. The highest BCUT2D eigenvalue weighted by atomic mass is 32.2. The van der Waals surface area contributed by atoms with Gasteiger partial charge in [0.05, 0.1) is 4.90 Å². The Morgan fingerprint density at radius 3 is 2.47 bits per heavy atom. The third kappa shape index (κ3) is 6.03. The van der Waals surface area contributed by atoms with Crippen molar-refractivity contribution < 1.29 is 13.2 Å². The third-order valence-corrected chi connectivity index (χ3v) is 8.19. The van der Waals surface area contributed by atoms with E-state index in [1.54, 1.807) is 12.1 Å². The molecule has 1 aromatic rings. The lowest BCUT2D eigenvalue weighted by Gasteiger charge is -2.35. The Balaban J connectivity index is 1.69. The number of rotatable bonds is 8. The second-order valence-electron chi connectivity index (χ2n) is 8.48. The van der Waals surface area contributed by atoms with Crippen molar-refractivity contribution in [1.82, 2.24) is 19.4 Å². The molecule has 0 aliphatic carbocycles. The number of carbonyl (C=O) groups is 1. The van der Waals surface area contributed by atoms with Crippen LogP contribution in [0.3, 0.4) is 0 Å². The first-order valence-electron chi connectivity index (χ1n) is 11.2. The average molecular weight is 437 g/mol. The molecule has 8 heteroatoms. The molecule has 168 valence electrons. The highest BCUT2D eigenvalue weighted by Gasteiger charge is 2.28. The molecule has 0 spiro atoms. The molecule has 2 fully saturated rings. The number of benzene rings is 1. The van der Waals surface area contributed by atoms with Crippen LogP contribution in [0.4, 0.5) is 0 Å². The van der Waals surface area contributed by atoms with Crippen molar-refractivity contribution in [3.05, 3.63) is 29.8 Å². The van der Waals surface area contributed by atoms with Crippen LogP contribution >= 0.6 is 0 Å². The molecule has 1 amide bonds. The van der Waals surface area contributed by atoms with Crippen LogP contribution in [0.1, 0.15) is 38.2 Å². The molecule has 0 unspecified atom stereocenters. The molecule has 30 heavy (non-hydrogen) atoms. The van der Waals surface area contributed by atoms with Gasteiger partial charge < -0.3 is 10.2 Å². The van der Waals surface area contributed by atoms with E-state index in [1.165, 1.54) is 10.7 Å². The van der Waals surface area contributed by atoms with Crippen LogP contribution in [0, 0.1) is 6.92 Å². The second-order valence-corrected chi connectivity index (χ2v) is 10.4. The quantitative estimate of drug-likeness (QED) is 0.671. The molecule has 0 saturated carbocycles. The minimum atomic E-state index is -3.64. The van der Waals surface area contributed by atoms with Crippen molar-refractivity contribution >= 4 is 15.9 Å². The summed E-state index contributed by atoms with van der Waals surface area (Å²) < 4.78 is 28.2. The van der Waals surface area contributed by atoms with Crippen molar-refractivity contribution in [3.8, 4) is 0 Å². The van der Waals surface area contributed by atoms with E-state index in [2.05, 4.69) is 17.1 Å². The number of nitrogens with one attached hydrogen (secondary N) is 1. The van der Waals surface area contributed by atoms with Crippen LogP contribution in [-0.2, 0) is 14.8 Å². The maximum Gasteiger partial charge on any atom is 0.243 e. The first-order valence-corrected chi connectivity index (χ1v) is 12.6. The van der Waals surface area contributed by atoms with E-state index in [9.17, 15) is 13.2 Å². The van der Waals surface area contributed by atoms with E-state index in [0.29, 0.717) is 37.1 Å². The highest BCUT2D eigenvalue weighted by molar-refractivity contribution is 7.89. The predicted molar refractivity (Wildman–Crippen MR) is 119 cm³/mol. The van der Waals surface area contributed by atoms with Crippen molar-refractivity contribution in [2.24, 2.45) is 0 Å². The van der Waals surface area contributed by atoms with E-state index in [-0.39, 0.29) is 18.9 Å². The smallest absolute Gasteiger partial charge is 0.243 e. The maximum atomic E-state index is 13.4. The SMILES string of the molecule is Cc1ccc(S(=O)(=O)N(CCC(=O)N2CCNCC2)CCN2CCCC[C@H]2C)cc1. The molecule has 2 aliphatic heterocycles. The van der Waals surface area contributed by atoms with Gasteiger partial charge in [0.15, 0.2) is 0 Å². The summed E-state index contributed by atoms with van der Waals surface area (Å²) in [6.45, 7) is 9.48. The molecule has 7 nitrogen and oxygen atoms in total. The van der Waals surface area contributed by atoms with Crippen LogP contribution < -0.4 is 5.32 Å². The first-order chi connectivity index (χ1) is 14.4. The average Bonchev–Trinajstić information content (AvgIpc) is 2.75. The number of likely N-dealkylation sites (tertiary alicyclic amines) is 1. The van der Waals surface area contributed by atoms with Gasteiger partial charge in [0.1, 0.15) is 0 Å². The zero-order chi connectivity index (χ0) is 21.6. The third-order valence-electron chi connectivity index (χ3n) is 6.28. The number of piperidine rings is 1. The normalized spacial score (nSPS) is 21.2. The van der Waals surface area contributed by atoms with Crippen molar-refractivity contribution in [3.63, 3.8) is 0 Å². The largest absolute Gasteiger partial charge is 0.340 e. The Morgan fingerprint density at radius 1 is 1.10 bits per heavy atom. The molecule has 2 saturated heterocycles. The second kappa shape index (κ2) is 10.7. The number of hydrogen-bond donors (Lipinski definition) is 1. The Kier molecular flexibility index (Phi) is 8.27. The molecule has 1 N–H and O–H groups in total. The summed E-state index contributed by atoms with van der Waals surface area (Å²) in [5, 5.41) is 3.24. The van der Waals surface area contributed by atoms with Gasteiger partial charge in [-0.1, -0.05) is 24.1 Å². The van der Waals surface area contributed by atoms with Crippen LogP contribution in [0.2, 0.25) is 0 Å². The number of aryl methyl sites for hydroxylation is 1. The summed E-state index contributed by atoms with van der Waals surface area (Å²) in [6, 6.07) is 7.46. The molecular formula is C22H36N4O3S. The van der Waals surface area contributed by atoms with Crippen molar-refractivity contribution in [2.45, 2.75) is 50.5 Å². The Labute approximate surface area is 181 Å². The molecule has 1 atom stereocenters. The Morgan fingerprint density at radius 2 is 1.80 bits per heavy atom. The van der Waals surface area contributed by atoms with Crippen LogP contribution in [0.5, 0.6) is 0 Å². The van der Waals surface area contributed by atoms with E-state index < -0.39 is 10.0 Å². The minimum Gasteiger partial charge on any atom is -0.340 e. The summed E-state index contributed by atoms with van der Waals surface area (Å²) >= 11 is 0. The maximum absolute atomic E-state index is 13.4. The lowest BCUT2D eigenvalue weighted by molar-refractivity contribution is -0.131. The van der Waals surface area contributed by atoms with Crippen molar-refractivity contribution in [2.75, 3.05) is 52.4 Å². The van der Waals surface area contributed by atoms with Crippen molar-refractivity contribution in [1.29, 1.82) is 0 Å². The molecular weight excluding hydrogens is 400 g/mol. The van der Waals surface area contributed by atoms with E-state index in [4.69, 9.17) is 0 Å². The first kappa shape index (κ1) is 23.2. The summed E-state index contributed by atoms with van der Waals surface area (Å²) in [5.41, 5.74) is 1.02. The van der Waals surface area contributed by atoms with Gasteiger partial charge >= 0.3 is 0 Å². The number of piperazine rings is 1. The number of hydrogen-bond acceptors (Lipinski definition) is 5. The summed E-state index contributed by atoms with van der Waals surface area (Å²) in [6.07, 6.45) is 3.78. The predicted octanol–water partition coefficient (Wildman–Crippen LogP) is 1.68. The van der Waals surface area contributed by atoms with Gasteiger partial charge in [-0.3, -0.25) is 9.69 Å². The molecule has 2 aliphatic rings. The number of sulfonamides is 1. The fourth-order valence-electron chi connectivity index (χ4n) is 4.23. The Bertz CT molecular complexity index is 791. The van der Waals surface area contributed by atoms with Gasteiger partial charge in [-0.25, -0.2) is 8.42 Å². The summed E-state index contributed by atoms with van der Waals surface area (Å²) in [5.74, 6) is 0.0342. The van der Waals surface area contributed by atoms with Gasteiger partial charge in [-0.15, -0.1) is 0 Å². The molecule has 1 aromatic carbocycles. The van der Waals surface area contributed by atoms with Crippen LogP contribution in [-0.4, -0.2) is 86.8 Å². The lowest BCUT2D eigenvalue weighted by atomic mass is 10.0. The monoisotopic (exact) mass is 436 g/mol. The van der Waals surface area contributed by atoms with Crippen LogP contribution in [0.15, 0.2) is 29.2 Å². The van der Waals surface area contributed by atoms with Gasteiger partial charge in [-0.05, 0) is 45.4 Å². The molecule has 0 radical (unpaired) electrons. The summed E-state index contributed by atoms with van der Waals surface area (Å²) in [7, 11) is -3.64. The zero-order valence-corrected chi connectivity index (χ0v) is 19.2. The van der Waals surface area contributed by atoms with Gasteiger partial charge in [0.2, 0.25) is 15.9 Å². The molecule has 0 bridgehead atoms. The van der Waals surface area contributed by atoms with Gasteiger partial charge in [0.25, 0.3) is 0 Å². The highest BCUT2D eigenvalue weighted by Crippen LogP contribution is 2.20.